The zero-order valence-corrected chi connectivity index (χ0v) is 7.29. The van der Waals surface area contributed by atoms with Crippen molar-refractivity contribution in [1.29, 1.82) is 0 Å². The minimum atomic E-state index is 0.407. The first-order valence-electron chi connectivity index (χ1n) is 4.22. The van der Waals surface area contributed by atoms with Gasteiger partial charge < -0.3 is 0 Å². The maximum atomic E-state index is 10.1. The summed E-state index contributed by atoms with van der Waals surface area (Å²) in [6.07, 6.45) is 3.44. The largest absolute Gasteiger partial charge is 0.291 e. The molecule has 0 bridgehead atoms. The van der Waals surface area contributed by atoms with E-state index in [0.29, 0.717) is 12.3 Å². The standard InChI is InChI=1S/C11H13O/c1-10(7-8-12)9-11-5-3-2-4-6-11/h2-6,10H,7,9H2,1H3. The SMILES string of the molecule is CC(C[C]=O)Cc1ccccc1. The molecular formula is C11H13O. The number of benzene rings is 1. The molecule has 0 fully saturated rings. The van der Waals surface area contributed by atoms with Crippen molar-refractivity contribution in [3.05, 3.63) is 35.9 Å². The molecule has 1 aromatic carbocycles. The van der Waals surface area contributed by atoms with Crippen LogP contribution in [0.15, 0.2) is 30.3 Å². The third kappa shape index (κ3) is 2.87. The average Bonchev–Trinajstić information content (AvgIpc) is 2.06. The maximum Gasteiger partial charge on any atom is 0.198 e. The summed E-state index contributed by atoms with van der Waals surface area (Å²) in [7, 11) is 0. The van der Waals surface area contributed by atoms with E-state index in [1.165, 1.54) is 5.56 Å². The minimum absolute atomic E-state index is 0.407. The second-order valence-electron chi connectivity index (χ2n) is 3.14. The Hall–Kier alpha value is -1.11. The van der Waals surface area contributed by atoms with E-state index in [4.69, 9.17) is 0 Å². The number of carbonyl (C=O) groups excluding carboxylic acids is 1. The van der Waals surface area contributed by atoms with Crippen molar-refractivity contribution >= 4 is 6.29 Å². The van der Waals surface area contributed by atoms with Crippen LogP contribution >= 0.6 is 0 Å². The molecular weight excluding hydrogens is 148 g/mol. The molecule has 0 amide bonds. The Morgan fingerprint density at radius 1 is 1.33 bits per heavy atom. The van der Waals surface area contributed by atoms with Gasteiger partial charge in [0.1, 0.15) is 0 Å². The van der Waals surface area contributed by atoms with Gasteiger partial charge in [-0.05, 0) is 17.9 Å². The van der Waals surface area contributed by atoms with Gasteiger partial charge in [0.15, 0.2) is 6.29 Å². The highest BCUT2D eigenvalue weighted by Gasteiger charge is 2.01. The molecule has 1 aromatic rings. The van der Waals surface area contributed by atoms with Crippen LogP contribution in [0.4, 0.5) is 0 Å². The Bertz CT molecular complexity index is 228. The summed E-state index contributed by atoms with van der Waals surface area (Å²) in [6, 6.07) is 10.2. The number of hydrogen-bond acceptors (Lipinski definition) is 1. The van der Waals surface area contributed by atoms with E-state index in [2.05, 4.69) is 19.1 Å². The molecule has 63 valence electrons. The van der Waals surface area contributed by atoms with E-state index >= 15 is 0 Å². The van der Waals surface area contributed by atoms with Crippen molar-refractivity contribution in [3.8, 4) is 0 Å². The van der Waals surface area contributed by atoms with Crippen LogP contribution in [-0.2, 0) is 11.2 Å². The van der Waals surface area contributed by atoms with Crippen LogP contribution in [0.25, 0.3) is 0 Å². The highest BCUT2D eigenvalue weighted by molar-refractivity contribution is 5.50. The molecule has 12 heavy (non-hydrogen) atoms. The zero-order chi connectivity index (χ0) is 8.81. The summed E-state index contributed by atoms with van der Waals surface area (Å²) in [5.74, 6) is 0.407. The highest BCUT2D eigenvalue weighted by atomic mass is 16.1. The van der Waals surface area contributed by atoms with Crippen LogP contribution in [0.2, 0.25) is 0 Å². The normalized spacial score (nSPS) is 12.4. The van der Waals surface area contributed by atoms with Crippen LogP contribution in [0.5, 0.6) is 0 Å². The van der Waals surface area contributed by atoms with Gasteiger partial charge in [-0.1, -0.05) is 37.3 Å². The van der Waals surface area contributed by atoms with Gasteiger partial charge in [0.2, 0.25) is 0 Å². The lowest BCUT2D eigenvalue weighted by Gasteiger charge is -2.05. The van der Waals surface area contributed by atoms with Gasteiger partial charge in [-0.3, -0.25) is 4.79 Å². The number of rotatable bonds is 4. The van der Waals surface area contributed by atoms with E-state index < -0.39 is 0 Å². The molecule has 0 aliphatic heterocycles. The van der Waals surface area contributed by atoms with Gasteiger partial charge in [0, 0.05) is 6.42 Å². The molecule has 1 heteroatoms. The lowest BCUT2D eigenvalue weighted by Crippen LogP contribution is -1.99. The summed E-state index contributed by atoms with van der Waals surface area (Å²) < 4.78 is 0. The molecule has 0 aromatic heterocycles. The van der Waals surface area contributed by atoms with Crippen molar-refractivity contribution in [2.24, 2.45) is 5.92 Å². The first-order valence-corrected chi connectivity index (χ1v) is 4.22. The summed E-state index contributed by atoms with van der Waals surface area (Å²) in [5, 5.41) is 0. The van der Waals surface area contributed by atoms with Crippen LogP contribution in [0.1, 0.15) is 18.9 Å². The molecule has 1 unspecified atom stereocenters. The van der Waals surface area contributed by atoms with Gasteiger partial charge >= 0.3 is 0 Å². The Morgan fingerprint density at radius 2 is 2.00 bits per heavy atom. The van der Waals surface area contributed by atoms with Gasteiger partial charge in [-0.15, -0.1) is 0 Å². The second kappa shape index (κ2) is 4.70. The fourth-order valence-electron chi connectivity index (χ4n) is 1.23. The first-order chi connectivity index (χ1) is 5.83. The fourth-order valence-corrected chi connectivity index (χ4v) is 1.23. The lowest BCUT2D eigenvalue weighted by atomic mass is 9.99. The minimum Gasteiger partial charge on any atom is -0.291 e. The predicted octanol–water partition coefficient (Wildman–Crippen LogP) is 2.37. The Labute approximate surface area is 73.4 Å². The quantitative estimate of drug-likeness (QED) is 0.662. The van der Waals surface area contributed by atoms with Gasteiger partial charge in [0.25, 0.3) is 0 Å². The molecule has 0 aliphatic rings. The van der Waals surface area contributed by atoms with Gasteiger partial charge in [-0.25, -0.2) is 0 Å². The van der Waals surface area contributed by atoms with E-state index in [0.717, 1.165) is 6.42 Å². The zero-order valence-electron chi connectivity index (χ0n) is 7.29. The van der Waals surface area contributed by atoms with Crippen LogP contribution in [0.3, 0.4) is 0 Å². The van der Waals surface area contributed by atoms with Crippen molar-refractivity contribution in [3.63, 3.8) is 0 Å². The van der Waals surface area contributed by atoms with Gasteiger partial charge in [0.05, 0.1) is 0 Å². The first kappa shape index (κ1) is 8.98. The summed E-state index contributed by atoms with van der Waals surface area (Å²) in [4.78, 5) is 10.1. The molecule has 0 saturated carbocycles. The highest BCUT2D eigenvalue weighted by Crippen LogP contribution is 2.09. The molecule has 0 saturated heterocycles. The number of hydrogen-bond donors (Lipinski definition) is 0. The molecule has 0 aliphatic carbocycles. The van der Waals surface area contributed by atoms with Gasteiger partial charge in [-0.2, -0.15) is 0 Å². The molecule has 1 radical (unpaired) electrons. The van der Waals surface area contributed by atoms with Crippen molar-refractivity contribution in [2.75, 3.05) is 0 Å². The maximum absolute atomic E-state index is 10.1. The van der Waals surface area contributed by atoms with E-state index in [-0.39, 0.29) is 0 Å². The smallest absolute Gasteiger partial charge is 0.198 e. The third-order valence-corrected chi connectivity index (χ3v) is 1.86. The van der Waals surface area contributed by atoms with E-state index in [9.17, 15) is 4.79 Å². The third-order valence-electron chi connectivity index (χ3n) is 1.86. The monoisotopic (exact) mass is 161 g/mol. The van der Waals surface area contributed by atoms with Crippen molar-refractivity contribution in [1.82, 2.24) is 0 Å². The molecule has 0 spiro atoms. The summed E-state index contributed by atoms with van der Waals surface area (Å²) >= 11 is 0. The topological polar surface area (TPSA) is 17.1 Å². The fraction of sp³-hybridized carbons (Fsp3) is 0.364. The summed E-state index contributed by atoms with van der Waals surface area (Å²) in [6.45, 7) is 2.07. The Balaban J connectivity index is 2.46. The van der Waals surface area contributed by atoms with Crippen molar-refractivity contribution in [2.45, 2.75) is 19.8 Å². The van der Waals surface area contributed by atoms with E-state index in [1.54, 1.807) is 0 Å². The second-order valence-corrected chi connectivity index (χ2v) is 3.14. The van der Waals surface area contributed by atoms with E-state index in [1.807, 2.05) is 24.5 Å². The van der Waals surface area contributed by atoms with Crippen LogP contribution in [0, 0.1) is 5.92 Å². The molecule has 0 heterocycles. The van der Waals surface area contributed by atoms with Crippen molar-refractivity contribution < 1.29 is 4.79 Å². The lowest BCUT2D eigenvalue weighted by molar-refractivity contribution is 0.521. The van der Waals surface area contributed by atoms with Crippen LogP contribution in [-0.4, -0.2) is 6.29 Å². The molecule has 1 atom stereocenters. The molecule has 1 rings (SSSR count). The molecule has 1 nitrogen and oxygen atoms in total. The van der Waals surface area contributed by atoms with Crippen LogP contribution < -0.4 is 0 Å². The molecule has 0 N–H and O–H groups in total. The average molecular weight is 161 g/mol. The predicted molar refractivity (Wildman–Crippen MR) is 49.6 cm³/mol. The summed E-state index contributed by atoms with van der Waals surface area (Å²) in [5.41, 5.74) is 1.29. The Morgan fingerprint density at radius 3 is 2.58 bits per heavy atom. The Kier molecular flexibility index (Phi) is 3.52.